The van der Waals surface area contributed by atoms with Crippen LogP contribution in [-0.4, -0.2) is 4.57 Å². The van der Waals surface area contributed by atoms with E-state index < -0.39 is 0 Å². The minimum absolute atomic E-state index is 0.199. The summed E-state index contributed by atoms with van der Waals surface area (Å²) in [6.45, 7) is 0. The van der Waals surface area contributed by atoms with E-state index >= 15 is 0 Å². The summed E-state index contributed by atoms with van der Waals surface area (Å²) < 4.78 is 2.44. The molecule has 178 valence electrons. The van der Waals surface area contributed by atoms with E-state index in [1.807, 2.05) is 0 Å². The molecule has 0 bridgehead atoms. The average Bonchev–Trinajstić information content (AvgIpc) is 3.50. The van der Waals surface area contributed by atoms with E-state index in [0.717, 1.165) is 0 Å². The van der Waals surface area contributed by atoms with E-state index in [0.29, 0.717) is 0 Å². The number of hydrogen-bond acceptors (Lipinski definition) is 0. The van der Waals surface area contributed by atoms with Crippen molar-refractivity contribution in [2.45, 2.75) is 5.92 Å². The first kappa shape index (κ1) is 21.2. The Hall–Kier alpha value is -4.88. The molecule has 0 fully saturated rings. The number of hydrogen-bond donors (Lipinski definition) is 0. The second-order valence-electron chi connectivity index (χ2n) is 10.1. The van der Waals surface area contributed by atoms with Gasteiger partial charge in [0.1, 0.15) is 0 Å². The Morgan fingerprint density at radius 2 is 0.711 bits per heavy atom. The molecule has 1 aliphatic carbocycles. The van der Waals surface area contributed by atoms with Gasteiger partial charge in [0.2, 0.25) is 0 Å². The van der Waals surface area contributed by atoms with Gasteiger partial charge in [0.05, 0.1) is 16.7 Å². The lowest BCUT2D eigenvalue weighted by Crippen LogP contribution is -2.03. The van der Waals surface area contributed by atoms with Crippen LogP contribution in [0.25, 0.3) is 49.7 Å². The zero-order chi connectivity index (χ0) is 25.1. The summed E-state index contributed by atoms with van der Waals surface area (Å²) in [6.07, 6.45) is 0. The highest BCUT2D eigenvalue weighted by atomic mass is 15.0. The van der Waals surface area contributed by atoms with Crippen molar-refractivity contribution in [3.8, 4) is 27.9 Å². The van der Waals surface area contributed by atoms with Crippen LogP contribution in [0.15, 0.2) is 146 Å². The molecule has 0 spiro atoms. The summed E-state index contributed by atoms with van der Waals surface area (Å²) in [4.78, 5) is 0. The quantitative estimate of drug-likeness (QED) is 0.236. The van der Waals surface area contributed by atoms with Gasteiger partial charge >= 0.3 is 0 Å². The van der Waals surface area contributed by atoms with E-state index in [2.05, 4.69) is 150 Å². The summed E-state index contributed by atoms with van der Waals surface area (Å²) in [5.74, 6) is 0.199. The topological polar surface area (TPSA) is 4.93 Å². The molecule has 1 heteroatoms. The maximum atomic E-state index is 2.44. The molecule has 1 aliphatic rings. The molecule has 0 amide bonds. The van der Waals surface area contributed by atoms with Crippen molar-refractivity contribution >= 4 is 21.8 Å². The Kier molecular flexibility index (Phi) is 4.65. The summed E-state index contributed by atoms with van der Waals surface area (Å²) >= 11 is 0. The van der Waals surface area contributed by atoms with Crippen LogP contribution in [0.5, 0.6) is 0 Å². The van der Waals surface area contributed by atoms with Gasteiger partial charge in [0, 0.05) is 22.3 Å². The van der Waals surface area contributed by atoms with Gasteiger partial charge in [-0.3, -0.25) is 0 Å². The van der Waals surface area contributed by atoms with Crippen molar-refractivity contribution in [3.05, 3.63) is 162 Å². The standard InChI is InChI=1S/C37H25N/c1-4-19-31-25(13-1)26-14-2-5-20-32(26)37(31)33-21-6-3-15-27(33)28-16-7-10-22-34(28)38-35-23-11-8-17-29(35)30-18-9-12-24-36(30)38/h1-24,37H. The molecule has 0 saturated carbocycles. The zero-order valence-electron chi connectivity index (χ0n) is 20.9. The minimum Gasteiger partial charge on any atom is -0.309 e. The molecule has 0 atom stereocenters. The van der Waals surface area contributed by atoms with Gasteiger partial charge in [-0.1, -0.05) is 127 Å². The molecular weight excluding hydrogens is 458 g/mol. The molecule has 0 aliphatic heterocycles. The lowest BCUT2D eigenvalue weighted by molar-refractivity contribution is 1.02. The normalized spacial score (nSPS) is 12.6. The molecule has 1 nitrogen and oxygen atoms in total. The molecular formula is C37H25N. The summed E-state index contributed by atoms with van der Waals surface area (Å²) in [5.41, 5.74) is 13.0. The van der Waals surface area contributed by atoms with Crippen LogP contribution in [0.1, 0.15) is 22.6 Å². The Morgan fingerprint density at radius 3 is 1.24 bits per heavy atom. The summed E-state index contributed by atoms with van der Waals surface area (Å²) in [5, 5.41) is 2.56. The summed E-state index contributed by atoms with van der Waals surface area (Å²) in [7, 11) is 0. The molecule has 1 aromatic heterocycles. The average molecular weight is 484 g/mol. The second-order valence-corrected chi connectivity index (χ2v) is 10.1. The Labute approximate surface area is 222 Å². The number of benzene rings is 6. The number of nitrogens with zero attached hydrogens (tertiary/aromatic N) is 1. The Balaban J connectivity index is 1.41. The maximum Gasteiger partial charge on any atom is 0.0541 e. The molecule has 0 unspecified atom stereocenters. The highest BCUT2D eigenvalue weighted by Gasteiger charge is 2.31. The molecule has 8 rings (SSSR count). The molecule has 6 aromatic carbocycles. The monoisotopic (exact) mass is 483 g/mol. The molecule has 0 saturated heterocycles. The van der Waals surface area contributed by atoms with E-state index in [9.17, 15) is 0 Å². The minimum atomic E-state index is 0.199. The predicted molar refractivity (Wildman–Crippen MR) is 159 cm³/mol. The van der Waals surface area contributed by atoms with Crippen molar-refractivity contribution in [1.29, 1.82) is 0 Å². The first-order chi connectivity index (χ1) is 18.9. The second kappa shape index (κ2) is 8.33. The fraction of sp³-hybridized carbons (Fsp3) is 0.0270. The van der Waals surface area contributed by atoms with Crippen molar-refractivity contribution in [2.75, 3.05) is 0 Å². The molecule has 0 N–H and O–H groups in total. The largest absolute Gasteiger partial charge is 0.309 e. The lowest BCUT2D eigenvalue weighted by atomic mass is 9.84. The molecule has 1 heterocycles. The molecule has 0 radical (unpaired) electrons. The van der Waals surface area contributed by atoms with E-state index in [1.54, 1.807) is 0 Å². The van der Waals surface area contributed by atoms with Crippen molar-refractivity contribution in [3.63, 3.8) is 0 Å². The van der Waals surface area contributed by atoms with Gasteiger partial charge < -0.3 is 4.57 Å². The third-order valence-electron chi connectivity index (χ3n) is 8.12. The molecule has 38 heavy (non-hydrogen) atoms. The fourth-order valence-corrected chi connectivity index (χ4v) is 6.56. The first-order valence-electron chi connectivity index (χ1n) is 13.3. The van der Waals surface area contributed by atoms with Gasteiger partial charge in [-0.15, -0.1) is 0 Å². The van der Waals surface area contributed by atoms with Crippen LogP contribution in [0.3, 0.4) is 0 Å². The van der Waals surface area contributed by atoms with Crippen LogP contribution >= 0.6 is 0 Å². The third kappa shape index (κ3) is 2.99. The number of aromatic nitrogens is 1. The number of rotatable bonds is 3. The third-order valence-corrected chi connectivity index (χ3v) is 8.12. The predicted octanol–water partition coefficient (Wildman–Crippen LogP) is 9.61. The lowest BCUT2D eigenvalue weighted by Gasteiger charge is -2.21. The van der Waals surface area contributed by atoms with Gasteiger partial charge in [-0.25, -0.2) is 0 Å². The molecule has 7 aromatic rings. The van der Waals surface area contributed by atoms with Crippen LogP contribution in [0.2, 0.25) is 0 Å². The number of fused-ring (bicyclic) bond motifs is 6. The Morgan fingerprint density at radius 1 is 0.342 bits per heavy atom. The van der Waals surface area contributed by atoms with Crippen LogP contribution < -0.4 is 0 Å². The van der Waals surface area contributed by atoms with E-state index in [-0.39, 0.29) is 5.92 Å². The van der Waals surface area contributed by atoms with Gasteiger partial charge in [0.25, 0.3) is 0 Å². The zero-order valence-corrected chi connectivity index (χ0v) is 20.9. The van der Waals surface area contributed by atoms with Crippen LogP contribution in [0, 0.1) is 0 Å². The van der Waals surface area contributed by atoms with Crippen LogP contribution in [-0.2, 0) is 0 Å². The van der Waals surface area contributed by atoms with Crippen molar-refractivity contribution in [2.24, 2.45) is 0 Å². The Bertz CT molecular complexity index is 1890. The smallest absolute Gasteiger partial charge is 0.0541 e. The SMILES string of the molecule is c1ccc2c(c1)-c1ccccc1C2c1ccccc1-c1ccccc1-n1c2ccccc2c2ccccc21. The van der Waals surface area contributed by atoms with Gasteiger partial charge in [0.15, 0.2) is 0 Å². The first-order valence-corrected chi connectivity index (χ1v) is 13.3. The fourth-order valence-electron chi connectivity index (χ4n) is 6.56. The summed E-state index contributed by atoms with van der Waals surface area (Å²) in [6, 6.07) is 53.1. The van der Waals surface area contributed by atoms with E-state index in [4.69, 9.17) is 0 Å². The van der Waals surface area contributed by atoms with Crippen LogP contribution in [0.4, 0.5) is 0 Å². The van der Waals surface area contributed by atoms with Gasteiger partial charge in [-0.05, 0) is 51.6 Å². The van der Waals surface area contributed by atoms with E-state index in [1.165, 1.54) is 66.4 Å². The van der Waals surface area contributed by atoms with Gasteiger partial charge in [-0.2, -0.15) is 0 Å². The maximum absolute atomic E-state index is 2.44. The highest BCUT2D eigenvalue weighted by Crippen LogP contribution is 2.50. The van der Waals surface area contributed by atoms with Crippen molar-refractivity contribution < 1.29 is 0 Å². The number of para-hydroxylation sites is 3. The van der Waals surface area contributed by atoms with Crippen molar-refractivity contribution in [1.82, 2.24) is 4.57 Å². The highest BCUT2D eigenvalue weighted by molar-refractivity contribution is 6.09.